The molecule has 0 aromatic carbocycles. The molecular formula is C13H17N5OS. The minimum Gasteiger partial charge on any atom is -0.374 e. The van der Waals surface area contributed by atoms with E-state index in [-0.39, 0.29) is 0 Å². The van der Waals surface area contributed by atoms with Crippen molar-refractivity contribution in [3.8, 4) is 0 Å². The van der Waals surface area contributed by atoms with Crippen LogP contribution in [0, 0.1) is 0 Å². The Morgan fingerprint density at radius 2 is 2.10 bits per heavy atom. The molecule has 20 heavy (non-hydrogen) atoms. The predicted molar refractivity (Wildman–Crippen MR) is 77.7 cm³/mol. The number of nitrogens with one attached hydrogen (secondary N) is 1. The van der Waals surface area contributed by atoms with E-state index in [9.17, 15) is 0 Å². The van der Waals surface area contributed by atoms with Gasteiger partial charge in [0.15, 0.2) is 5.82 Å². The van der Waals surface area contributed by atoms with Gasteiger partial charge in [0.1, 0.15) is 22.5 Å². The summed E-state index contributed by atoms with van der Waals surface area (Å²) < 4.78 is 5.37. The molecule has 0 amide bonds. The molecule has 106 valence electrons. The lowest BCUT2D eigenvalue weighted by Gasteiger charge is -2.08. The maximum atomic E-state index is 5.37. The molecule has 0 aliphatic heterocycles. The normalized spacial score (nSPS) is 10.5. The minimum absolute atomic E-state index is 0.407. The largest absolute Gasteiger partial charge is 0.374 e. The molecular weight excluding hydrogens is 274 g/mol. The summed E-state index contributed by atoms with van der Waals surface area (Å²) in [6, 6.07) is 1.90. The van der Waals surface area contributed by atoms with E-state index >= 15 is 0 Å². The van der Waals surface area contributed by atoms with Gasteiger partial charge in [0.25, 0.3) is 0 Å². The van der Waals surface area contributed by atoms with Crippen molar-refractivity contribution in [3.63, 3.8) is 0 Å². The van der Waals surface area contributed by atoms with Crippen LogP contribution in [-0.2, 0) is 11.3 Å². The summed E-state index contributed by atoms with van der Waals surface area (Å²) in [5, 5.41) is 4.82. The van der Waals surface area contributed by atoms with Gasteiger partial charge in [-0.2, -0.15) is 0 Å². The van der Waals surface area contributed by atoms with Gasteiger partial charge in [-0.3, -0.25) is 4.98 Å². The van der Waals surface area contributed by atoms with Gasteiger partial charge in [-0.25, -0.2) is 15.0 Å². The van der Waals surface area contributed by atoms with Crippen LogP contribution in [0.25, 0.3) is 0 Å². The Morgan fingerprint density at radius 3 is 2.80 bits per heavy atom. The van der Waals surface area contributed by atoms with Crippen LogP contribution in [0.4, 0.5) is 5.82 Å². The molecule has 0 fully saturated rings. The van der Waals surface area contributed by atoms with E-state index in [2.05, 4.69) is 25.3 Å². The molecule has 2 heterocycles. The van der Waals surface area contributed by atoms with Crippen molar-refractivity contribution in [1.29, 1.82) is 0 Å². The van der Waals surface area contributed by atoms with E-state index < -0.39 is 0 Å². The van der Waals surface area contributed by atoms with Gasteiger partial charge in [-0.15, -0.1) is 0 Å². The third-order valence-electron chi connectivity index (χ3n) is 2.29. The van der Waals surface area contributed by atoms with Crippen LogP contribution in [0.5, 0.6) is 0 Å². The number of rotatable bonds is 7. The molecule has 1 N–H and O–H groups in total. The van der Waals surface area contributed by atoms with E-state index in [1.165, 1.54) is 11.8 Å². The van der Waals surface area contributed by atoms with E-state index in [0.29, 0.717) is 19.0 Å². The van der Waals surface area contributed by atoms with Crippen LogP contribution >= 0.6 is 11.8 Å². The lowest BCUT2D eigenvalue weighted by molar-refractivity contribution is 0.128. The first-order valence-corrected chi connectivity index (χ1v) is 7.27. The molecule has 0 radical (unpaired) electrons. The zero-order valence-corrected chi connectivity index (χ0v) is 12.4. The Bertz CT molecular complexity index is 538. The van der Waals surface area contributed by atoms with Gasteiger partial charge in [0, 0.05) is 31.6 Å². The number of hydrogen-bond acceptors (Lipinski definition) is 7. The molecule has 0 atom stereocenters. The van der Waals surface area contributed by atoms with Crippen LogP contribution in [0.2, 0.25) is 0 Å². The maximum absolute atomic E-state index is 5.37. The Labute approximate surface area is 122 Å². The van der Waals surface area contributed by atoms with Crippen molar-refractivity contribution in [2.24, 2.45) is 0 Å². The summed E-state index contributed by atoms with van der Waals surface area (Å²) in [6.07, 6.45) is 5.02. The zero-order valence-electron chi connectivity index (χ0n) is 11.5. The Morgan fingerprint density at radius 1 is 1.20 bits per heavy atom. The molecule has 2 aromatic heterocycles. The summed E-state index contributed by atoms with van der Waals surface area (Å²) in [7, 11) is 0. The Kier molecular flexibility index (Phi) is 5.69. The molecule has 0 unspecified atom stereocenters. The van der Waals surface area contributed by atoms with Crippen molar-refractivity contribution in [2.45, 2.75) is 30.5 Å². The first-order chi connectivity index (χ1) is 9.81. The summed E-state index contributed by atoms with van der Waals surface area (Å²) in [4.78, 5) is 17.1. The number of aromatic nitrogens is 4. The summed E-state index contributed by atoms with van der Waals surface area (Å²) in [5.41, 5.74) is 0. The highest BCUT2D eigenvalue weighted by molar-refractivity contribution is 7.99. The van der Waals surface area contributed by atoms with Gasteiger partial charge in [0.2, 0.25) is 0 Å². The first-order valence-electron chi connectivity index (χ1n) is 6.45. The fourth-order valence-electron chi connectivity index (χ4n) is 1.50. The Balaban J connectivity index is 2.19. The number of anilines is 1. The van der Waals surface area contributed by atoms with Crippen LogP contribution in [0.15, 0.2) is 34.7 Å². The lowest BCUT2D eigenvalue weighted by Crippen LogP contribution is -2.06. The third-order valence-corrected chi connectivity index (χ3v) is 3.13. The molecule has 2 rings (SSSR count). The van der Waals surface area contributed by atoms with E-state index in [4.69, 9.17) is 4.74 Å². The second-order valence-electron chi connectivity index (χ2n) is 3.82. The average molecular weight is 291 g/mol. The Hall–Kier alpha value is -1.73. The van der Waals surface area contributed by atoms with Crippen LogP contribution in [0.3, 0.4) is 0 Å². The molecule has 0 bridgehead atoms. The van der Waals surface area contributed by atoms with Crippen LogP contribution in [0.1, 0.15) is 19.7 Å². The standard InChI is InChI=1S/C13H17N5OS/c1-3-15-10-7-12(18-11(17-10)9-19-4-2)20-13-8-14-5-6-16-13/h5-8H,3-4,9H2,1-2H3,(H,15,17,18). The topological polar surface area (TPSA) is 72.8 Å². The molecule has 6 nitrogen and oxygen atoms in total. The van der Waals surface area contributed by atoms with Crippen molar-refractivity contribution in [2.75, 3.05) is 18.5 Å². The van der Waals surface area contributed by atoms with Crippen molar-refractivity contribution in [3.05, 3.63) is 30.5 Å². The highest BCUT2D eigenvalue weighted by Crippen LogP contribution is 2.25. The molecule has 0 spiro atoms. The second kappa shape index (κ2) is 7.76. The van der Waals surface area contributed by atoms with Gasteiger partial charge in [-0.1, -0.05) is 0 Å². The maximum Gasteiger partial charge on any atom is 0.157 e. The highest BCUT2D eigenvalue weighted by atomic mass is 32.2. The summed E-state index contributed by atoms with van der Waals surface area (Å²) in [5.74, 6) is 1.46. The van der Waals surface area contributed by atoms with Crippen LogP contribution in [-0.4, -0.2) is 33.1 Å². The average Bonchev–Trinajstić information content (AvgIpc) is 2.46. The fraction of sp³-hybridized carbons (Fsp3) is 0.385. The lowest BCUT2D eigenvalue weighted by atomic mass is 10.5. The molecule has 7 heteroatoms. The van der Waals surface area contributed by atoms with Gasteiger partial charge in [-0.05, 0) is 25.6 Å². The van der Waals surface area contributed by atoms with Gasteiger partial charge >= 0.3 is 0 Å². The minimum atomic E-state index is 0.407. The fourth-order valence-corrected chi connectivity index (χ4v) is 2.26. The van der Waals surface area contributed by atoms with E-state index in [0.717, 1.165) is 22.4 Å². The highest BCUT2D eigenvalue weighted by Gasteiger charge is 2.07. The molecule has 0 saturated heterocycles. The molecule has 0 aliphatic rings. The smallest absolute Gasteiger partial charge is 0.157 e. The number of ether oxygens (including phenoxy) is 1. The quantitative estimate of drug-likeness (QED) is 0.785. The summed E-state index contributed by atoms with van der Waals surface area (Å²) >= 11 is 1.45. The van der Waals surface area contributed by atoms with Crippen molar-refractivity contribution < 1.29 is 4.74 Å². The van der Waals surface area contributed by atoms with Crippen LogP contribution < -0.4 is 5.32 Å². The first kappa shape index (κ1) is 14.7. The number of hydrogen-bond donors (Lipinski definition) is 1. The van der Waals surface area contributed by atoms with E-state index in [1.807, 2.05) is 19.9 Å². The molecule has 0 aliphatic carbocycles. The molecule has 0 saturated carbocycles. The zero-order chi connectivity index (χ0) is 14.2. The predicted octanol–water partition coefficient (Wildman–Crippen LogP) is 2.39. The second-order valence-corrected chi connectivity index (χ2v) is 4.86. The summed E-state index contributed by atoms with van der Waals surface area (Å²) in [6.45, 7) is 5.83. The van der Waals surface area contributed by atoms with Gasteiger partial charge < -0.3 is 10.1 Å². The third kappa shape index (κ3) is 4.43. The van der Waals surface area contributed by atoms with Crippen molar-refractivity contribution >= 4 is 17.6 Å². The van der Waals surface area contributed by atoms with Crippen molar-refractivity contribution in [1.82, 2.24) is 19.9 Å². The van der Waals surface area contributed by atoms with Gasteiger partial charge in [0.05, 0.1) is 6.20 Å². The molecule has 2 aromatic rings. The number of nitrogens with zero attached hydrogens (tertiary/aromatic N) is 4. The van der Waals surface area contributed by atoms with E-state index in [1.54, 1.807) is 18.6 Å². The monoisotopic (exact) mass is 291 g/mol. The SMILES string of the molecule is CCNc1cc(Sc2cnccn2)nc(COCC)n1.